The van der Waals surface area contributed by atoms with Gasteiger partial charge in [-0.1, -0.05) is 5.16 Å². The molecule has 0 saturated carbocycles. The fourth-order valence-electron chi connectivity index (χ4n) is 1.68. The van der Waals surface area contributed by atoms with Gasteiger partial charge in [0.2, 0.25) is 0 Å². The van der Waals surface area contributed by atoms with Crippen LogP contribution in [0.2, 0.25) is 0 Å². The van der Waals surface area contributed by atoms with Crippen molar-refractivity contribution < 1.29 is 19.2 Å². The summed E-state index contributed by atoms with van der Waals surface area (Å²) in [7, 11) is 0. The van der Waals surface area contributed by atoms with E-state index in [2.05, 4.69) is 15.0 Å². The van der Waals surface area contributed by atoms with E-state index in [1.165, 1.54) is 18.4 Å². The van der Waals surface area contributed by atoms with Crippen LogP contribution < -0.4 is 5.32 Å². The molecule has 2 rings (SSSR count). The monoisotopic (exact) mass is 260 g/mol. The molecular formula is C13H12N2O4. The molecule has 0 aliphatic heterocycles. The number of hydrogen-bond donors (Lipinski definition) is 2. The summed E-state index contributed by atoms with van der Waals surface area (Å²) in [6, 6.07) is 4.55. The smallest absolute Gasteiger partial charge is 0.336 e. The molecule has 2 N–H and O–H groups in total. The zero-order valence-electron chi connectivity index (χ0n) is 10.4. The summed E-state index contributed by atoms with van der Waals surface area (Å²) in [5.74, 6) is -1.48. The van der Waals surface area contributed by atoms with E-state index in [1.807, 2.05) is 0 Å². The minimum Gasteiger partial charge on any atom is -0.478 e. The summed E-state index contributed by atoms with van der Waals surface area (Å²) in [6.07, 6.45) is 1.29. The average molecular weight is 260 g/mol. The van der Waals surface area contributed by atoms with Crippen LogP contribution in [0.25, 0.3) is 0 Å². The highest BCUT2D eigenvalue weighted by atomic mass is 16.5. The van der Waals surface area contributed by atoms with Crippen molar-refractivity contribution in [2.45, 2.75) is 13.8 Å². The van der Waals surface area contributed by atoms with Crippen LogP contribution in [0.4, 0.5) is 5.69 Å². The highest BCUT2D eigenvalue weighted by molar-refractivity contribution is 6.03. The maximum Gasteiger partial charge on any atom is 0.336 e. The van der Waals surface area contributed by atoms with Gasteiger partial charge in [-0.15, -0.1) is 0 Å². The summed E-state index contributed by atoms with van der Waals surface area (Å²) in [5.41, 5.74) is 2.17. The van der Waals surface area contributed by atoms with Crippen LogP contribution in [0.5, 0.6) is 0 Å². The molecule has 0 aliphatic rings. The van der Waals surface area contributed by atoms with Crippen LogP contribution in [0.15, 0.2) is 29.0 Å². The highest BCUT2D eigenvalue weighted by Gasteiger charge is 2.14. The van der Waals surface area contributed by atoms with E-state index in [4.69, 9.17) is 5.11 Å². The summed E-state index contributed by atoms with van der Waals surface area (Å²) < 4.78 is 4.57. The second kappa shape index (κ2) is 4.93. The Labute approximate surface area is 109 Å². The summed E-state index contributed by atoms with van der Waals surface area (Å²) >= 11 is 0. The van der Waals surface area contributed by atoms with Gasteiger partial charge in [0.05, 0.1) is 5.56 Å². The summed E-state index contributed by atoms with van der Waals surface area (Å²) in [6.45, 7) is 3.51. The van der Waals surface area contributed by atoms with E-state index in [9.17, 15) is 9.59 Å². The lowest BCUT2D eigenvalue weighted by Crippen LogP contribution is -2.13. The van der Waals surface area contributed by atoms with Crippen LogP contribution in [0, 0.1) is 13.8 Å². The van der Waals surface area contributed by atoms with Gasteiger partial charge in [-0.2, -0.15) is 0 Å². The molecule has 1 amide bonds. The van der Waals surface area contributed by atoms with Gasteiger partial charge in [-0.05, 0) is 37.1 Å². The van der Waals surface area contributed by atoms with Crippen molar-refractivity contribution in [3.63, 3.8) is 0 Å². The fourth-order valence-corrected chi connectivity index (χ4v) is 1.68. The Kier molecular flexibility index (Phi) is 3.33. The Morgan fingerprint density at radius 3 is 2.63 bits per heavy atom. The lowest BCUT2D eigenvalue weighted by Gasteiger charge is -2.09. The van der Waals surface area contributed by atoms with Gasteiger partial charge in [0, 0.05) is 11.8 Å². The van der Waals surface area contributed by atoms with Gasteiger partial charge in [-0.3, -0.25) is 4.79 Å². The van der Waals surface area contributed by atoms with Crippen LogP contribution in [-0.2, 0) is 0 Å². The van der Waals surface area contributed by atoms with E-state index in [-0.39, 0.29) is 11.3 Å². The van der Waals surface area contributed by atoms with E-state index < -0.39 is 11.9 Å². The number of carboxylic acids is 1. The summed E-state index contributed by atoms with van der Waals surface area (Å²) in [4.78, 5) is 22.9. The molecule has 19 heavy (non-hydrogen) atoms. The second-order valence-electron chi connectivity index (χ2n) is 4.11. The van der Waals surface area contributed by atoms with Crippen molar-refractivity contribution in [2.24, 2.45) is 0 Å². The van der Waals surface area contributed by atoms with E-state index >= 15 is 0 Å². The number of benzene rings is 1. The maximum absolute atomic E-state index is 11.8. The van der Waals surface area contributed by atoms with Crippen LogP contribution >= 0.6 is 0 Å². The number of amides is 1. The molecule has 1 aromatic carbocycles. The van der Waals surface area contributed by atoms with Crippen molar-refractivity contribution in [1.29, 1.82) is 0 Å². The van der Waals surface area contributed by atoms with Crippen molar-refractivity contribution in [3.8, 4) is 0 Å². The number of anilines is 1. The lowest BCUT2D eigenvalue weighted by atomic mass is 10.0. The number of nitrogens with one attached hydrogen (secondary N) is 1. The molecule has 0 atom stereocenters. The fraction of sp³-hybridized carbons (Fsp3) is 0.154. The average Bonchev–Trinajstić information content (AvgIpc) is 2.86. The molecule has 2 aromatic rings. The third-order valence-corrected chi connectivity index (χ3v) is 2.83. The van der Waals surface area contributed by atoms with Gasteiger partial charge in [0.15, 0.2) is 5.69 Å². The molecule has 0 unspecified atom stereocenters. The van der Waals surface area contributed by atoms with Gasteiger partial charge in [0.1, 0.15) is 6.26 Å². The quantitative estimate of drug-likeness (QED) is 0.882. The predicted octanol–water partition coefficient (Wildman–Crippen LogP) is 2.24. The van der Waals surface area contributed by atoms with Crippen LogP contribution in [0.3, 0.4) is 0 Å². The Bertz CT molecular complexity index is 632. The number of carbonyl (C=O) groups excluding carboxylic acids is 1. The second-order valence-corrected chi connectivity index (χ2v) is 4.11. The number of rotatable bonds is 3. The highest BCUT2D eigenvalue weighted by Crippen LogP contribution is 2.20. The van der Waals surface area contributed by atoms with E-state index in [1.54, 1.807) is 19.9 Å². The number of aromatic nitrogens is 1. The molecular weight excluding hydrogens is 248 g/mol. The number of aromatic carboxylic acids is 1. The number of hydrogen-bond acceptors (Lipinski definition) is 4. The molecule has 1 heterocycles. The molecule has 6 heteroatoms. The maximum atomic E-state index is 11.8. The number of carbonyl (C=O) groups is 2. The molecule has 98 valence electrons. The number of aryl methyl sites for hydroxylation is 1. The lowest BCUT2D eigenvalue weighted by molar-refractivity contribution is 0.0695. The Morgan fingerprint density at radius 1 is 1.32 bits per heavy atom. The number of carboxylic acid groups (broad SMARTS) is 1. The Balaban J connectivity index is 2.31. The minimum atomic E-state index is -1.03. The minimum absolute atomic E-state index is 0.134. The first kappa shape index (κ1) is 12.8. The zero-order valence-corrected chi connectivity index (χ0v) is 10.4. The van der Waals surface area contributed by atoms with Gasteiger partial charge >= 0.3 is 5.97 Å². The molecule has 0 bridgehead atoms. The van der Waals surface area contributed by atoms with Crippen molar-refractivity contribution in [3.05, 3.63) is 46.8 Å². The third-order valence-electron chi connectivity index (χ3n) is 2.83. The first-order valence-electron chi connectivity index (χ1n) is 5.55. The van der Waals surface area contributed by atoms with Crippen molar-refractivity contribution >= 4 is 17.6 Å². The molecule has 6 nitrogen and oxygen atoms in total. The van der Waals surface area contributed by atoms with Crippen LogP contribution in [-0.4, -0.2) is 22.1 Å². The zero-order chi connectivity index (χ0) is 14.0. The molecule has 0 saturated heterocycles. The predicted molar refractivity (Wildman–Crippen MR) is 67.3 cm³/mol. The summed E-state index contributed by atoms with van der Waals surface area (Å²) in [5, 5.41) is 15.2. The molecule has 1 aromatic heterocycles. The van der Waals surface area contributed by atoms with Gasteiger partial charge in [0.25, 0.3) is 5.91 Å². The van der Waals surface area contributed by atoms with Crippen molar-refractivity contribution in [1.82, 2.24) is 5.16 Å². The van der Waals surface area contributed by atoms with Gasteiger partial charge in [-0.25, -0.2) is 4.79 Å². The third kappa shape index (κ3) is 2.62. The topological polar surface area (TPSA) is 92.4 Å². The Hall–Kier alpha value is -2.63. The van der Waals surface area contributed by atoms with Crippen molar-refractivity contribution in [2.75, 3.05) is 5.32 Å². The largest absolute Gasteiger partial charge is 0.478 e. The standard InChI is InChI=1S/C13H12N2O4/c1-7-5-9(6-10(8(7)2)13(17)18)14-12(16)11-3-4-19-15-11/h3-6H,1-2H3,(H,14,16)(H,17,18). The first-order chi connectivity index (χ1) is 8.99. The SMILES string of the molecule is Cc1cc(NC(=O)c2ccon2)cc(C(=O)O)c1C. The molecule has 0 radical (unpaired) electrons. The normalized spacial score (nSPS) is 10.2. The van der Waals surface area contributed by atoms with E-state index in [0.29, 0.717) is 11.3 Å². The van der Waals surface area contributed by atoms with Crippen LogP contribution in [0.1, 0.15) is 32.0 Å². The van der Waals surface area contributed by atoms with E-state index in [0.717, 1.165) is 5.56 Å². The first-order valence-corrected chi connectivity index (χ1v) is 5.55. The van der Waals surface area contributed by atoms with Gasteiger partial charge < -0.3 is 14.9 Å². The molecule has 0 spiro atoms. The number of nitrogens with zero attached hydrogens (tertiary/aromatic N) is 1. The molecule has 0 aliphatic carbocycles. The molecule has 0 fully saturated rings. The Morgan fingerprint density at radius 2 is 2.05 bits per heavy atom.